The summed E-state index contributed by atoms with van der Waals surface area (Å²) >= 11 is 0. The molecule has 0 aromatic rings. The lowest BCUT2D eigenvalue weighted by Crippen LogP contribution is -2.35. The van der Waals surface area contributed by atoms with Crippen LogP contribution in [0.25, 0.3) is 0 Å². The van der Waals surface area contributed by atoms with Crippen LogP contribution in [-0.4, -0.2) is 11.2 Å². The number of hydrogen-bond donors (Lipinski definition) is 0. The monoisotopic (exact) mass is 216 g/mol. The van der Waals surface area contributed by atoms with Crippen molar-refractivity contribution in [1.82, 2.24) is 0 Å². The number of fused-ring (bicyclic) bond motifs is 1. The molecule has 0 N–H and O–H groups in total. The minimum absolute atomic E-state index is 0.0471. The first-order valence-corrected chi connectivity index (χ1v) is 6.96. The summed E-state index contributed by atoms with van der Waals surface area (Å²) in [6.07, 6.45) is 17.9. The predicted molar refractivity (Wildman–Crippen MR) is 64.2 cm³/mol. The Morgan fingerprint density at radius 3 is 3.00 bits per heavy atom. The van der Waals surface area contributed by atoms with Crippen molar-refractivity contribution in [3.05, 3.63) is 23.8 Å². The van der Waals surface area contributed by atoms with E-state index in [0.717, 1.165) is 5.92 Å². The molecule has 1 heteroatoms. The molecule has 2 heterocycles. The fraction of sp³-hybridized carbons (Fsp3) is 0.733. The Hall–Kier alpha value is -0.560. The van der Waals surface area contributed by atoms with E-state index >= 15 is 0 Å². The van der Waals surface area contributed by atoms with Crippen LogP contribution in [0.1, 0.15) is 51.4 Å². The predicted octanol–water partition coefficient (Wildman–Crippen LogP) is 3.75. The topological polar surface area (TPSA) is 9.23 Å². The number of ether oxygens (including phenoxy) is 1. The second kappa shape index (κ2) is 3.01. The van der Waals surface area contributed by atoms with Crippen LogP contribution >= 0.6 is 0 Å². The van der Waals surface area contributed by atoms with Gasteiger partial charge in [-0.05, 0) is 50.2 Å². The molecule has 2 fully saturated rings. The van der Waals surface area contributed by atoms with Gasteiger partial charge in [0.05, 0.1) is 5.60 Å². The number of rotatable bonds is 0. The molecular formula is C15H20O. The van der Waals surface area contributed by atoms with Crippen LogP contribution in [0.5, 0.6) is 0 Å². The largest absolute Gasteiger partial charge is 0.355 e. The number of allylic oxidation sites excluding steroid dienone is 1. The Morgan fingerprint density at radius 2 is 2.00 bits per heavy atom. The van der Waals surface area contributed by atoms with Crippen LogP contribution in [0.2, 0.25) is 0 Å². The van der Waals surface area contributed by atoms with Crippen molar-refractivity contribution in [2.75, 3.05) is 0 Å². The fourth-order valence-electron chi connectivity index (χ4n) is 4.42. The Kier molecular flexibility index (Phi) is 1.78. The van der Waals surface area contributed by atoms with Crippen LogP contribution in [-0.2, 0) is 4.74 Å². The van der Waals surface area contributed by atoms with Gasteiger partial charge in [-0.2, -0.15) is 0 Å². The summed E-state index contributed by atoms with van der Waals surface area (Å²) in [5.74, 6) is 0.726. The number of hydrogen-bond acceptors (Lipinski definition) is 1. The Labute approximate surface area is 97.6 Å². The van der Waals surface area contributed by atoms with Crippen molar-refractivity contribution in [3.63, 3.8) is 0 Å². The third-order valence-electron chi connectivity index (χ3n) is 5.14. The lowest BCUT2D eigenvalue weighted by atomic mass is 9.67. The molecule has 0 amide bonds. The SMILES string of the molecule is C1=C[C@]23CCCCC=C2C2CCCC[C@]12O3. The van der Waals surface area contributed by atoms with Gasteiger partial charge in [-0.25, -0.2) is 0 Å². The summed E-state index contributed by atoms with van der Waals surface area (Å²) in [5, 5.41) is 0. The summed E-state index contributed by atoms with van der Waals surface area (Å²) in [7, 11) is 0. The van der Waals surface area contributed by atoms with Crippen molar-refractivity contribution in [2.45, 2.75) is 62.6 Å². The molecular weight excluding hydrogens is 196 g/mol. The normalized spacial score (nSPS) is 49.5. The molecule has 2 spiro atoms. The van der Waals surface area contributed by atoms with Crippen molar-refractivity contribution < 1.29 is 4.74 Å². The maximum atomic E-state index is 6.56. The minimum atomic E-state index is 0.0471. The quantitative estimate of drug-likeness (QED) is 0.560. The molecule has 16 heavy (non-hydrogen) atoms. The molecule has 3 atom stereocenters. The van der Waals surface area contributed by atoms with E-state index in [1.165, 1.54) is 51.4 Å². The molecule has 0 aromatic carbocycles. The molecule has 1 saturated carbocycles. The fourth-order valence-corrected chi connectivity index (χ4v) is 4.42. The van der Waals surface area contributed by atoms with Gasteiger partial charge in [0.1, 0.15) is 5.60 Å². The maximum absolute atomic E-state index is 6.56. The molecule has 4 rings (SSSR count). The molecule has 2 aliphatic heterocycles. The van der Waals surface area contributed by atoms with Crippen molar-refractivity contribution >= 4 is 0 Å². The second-order valence-corrected chi connectivity index (χ2v) is 5.98. The molecule has 0 radical (unpaired) electrons. The van der Waals surface area contributed by atoms with E-state index in [9.17, 15) is 0 Å². The standard InChI is InChI=1S/C15H20O/c1-2-6-12-13-7-3-5-9-15(13)11-10-14(12,16-15)8-4-1/h6,10-11,13H,1-5,7-9H2/t13?,14-,15+/m1/s1. The summed E-state index contributed by atoms with van der Waals surface area (Å²) in [5.41, 5.74) is 1.83. The van der Waals surface area contributed by atoms with Gasteiger partial charge < -0.3 is 4.74 Å². The van der Waals surface area contributed by atoms with Crippen LogP contribution in [0.4, 0.5) is 0 Å². The molecule has 2 aliphatic carbocycles. The average molecular weight is 216 g/mol. The maximum Gasteiger partial charge on any atom is 0.109 e. The molecule has 4 aliphatic rings. The third kappa shape index (κ3) is 1.01. The van der Waals surface area contributed by atoms with Crippen LogP contribution in [0, 0.1) is 5.92 Å². The third-order valence-corrected chi connectivity index (χ3v) is 5.14. The summed E-state index contributed by atoms with van der Waals surface area (Å²) in [6, 6.07) is 0. The van der Waals surface area contributed by atoms with Gasteiger partial charge in [0.2, 0.25) is 0 Å². The Morgan fingerprint density at radius 1 is 1.06 bits per heavy atom. The average Bonchev–Trinajstić information content (AvgIpc) is 2.69. The van der Waals surface area contributed by atoms with Gasteiger partial charge in [-0.1, -0.05) is 25.0 Å². The van der Waals surface area contributed by atoms with Crippen molar-refractivity contribution in [1.29, 1.82) is 0 Å². The zero-order valence-electron chi connectivity index (χ0n) is 9.87. The van der Waals surface area contributed by atoms with Crippen LogP contribution in [0.15, 0.2) is 23.8 Å². The van der Waals surface area contributed by atoms with Gasteiger partial charge in [0, 0.05) is 5.92 Å². The lowest BCUT2D eigenvalue weighted by molar-refractivity contribution is -0.0564. The van der Waals surface area contributed by atoms with Crippen molar-refractivity contribution in [2.24, 2.45) is 5.92 Å². The molecule has 0 aromatic heterocycles. The smallest absolute Gasteiger partial charge is 0.109 e. The molecule has 2 bridgehead atoms. The molecule has 1 saturated heterocycles. The van der Waals surface area contributed by atoms with Gasteiger partial charge >= 0.3 is 0 Å². The van der Waals surface area contributed by atoms with Gasteiger partial charge in [0.25, 0.3) is 0 Å². The minimum Gasteiger partial charge on any atom is -0.355 e. The van der Waals surface area contributed by atoms with Crippen LogP contribution in [0.3, 0.4) is 0 Å². The molecule has 86 valence electrons. The van der Waals surface area contributed by atoms with E-state index in [4.69, 9.17) is 4.74 Å². The van der Waals surface area contributed by atoms with Gasteiger partial charge in [-0.15, -0.1) is 0 Å². The van der Waals surface area contributed by atoms with E-state index in [-0.39, 0.29) is 11.2 Å². The van der Waals surface area contributed by atoms with E-state index in [1.807, 2.05) is 0 Å². The molecule has 1 nitrogen and oxygen atoms in total. The zero-order chi connectivity index (χ0) is 10.6. The van der Waals surface area contributed by atoms with E-state index in [2.05, 4.69) is 18.2 Å². The van der Waals surface area contributed by atoms with Crippen molar-refractivity contribution in [3.8, 4) is 0 Å². The first kappa shape index (κ1) is 9.47. The summed E-state index contributed by atoms with van der Waals surface area (Å²) in [4.78, 5) is 0. The van der Waals surface area contributed by atoms with Crippen LogP contribution < -0.4 is 0 Å². The summed E-state index contributed by atoms with van der Waals surface area (Å²) < 4.78 is 6.56. The highest BCUT2D eigenvalue weighted by molar-refractivity contribution is 5.44. The van der Waals surface area contributed by atoms with E-state index in [1.54, 1.807) is 5.57 Å². The Balaban J connectivity index is 1.84. The highest BCUT2D eigenvalue weighted by atomic mass is 16.5. The first-order valence-electron chi connectivity index (χ1n) is 6.96. The second-order valence-electron chi connectivity index (χ2n) is 5.98. The van der Waals surface area contributed by atoms with E-state index < -0.39 is 0 Å². The Bertz CT molecular complexity index is 381. The van der Waals surface area contributed by atoms with E-state index in [0.29, 0.717) is 0 Å². The molecule has 1 unspecified atom stereocenters. The van der Waals surface area contributed by atoms with Gasteiger partial charge in [-0.3, -0.25) is 0 Å². The lowest BCUT2D eigenvalue weighted by Gasteiger charge is -2.35. The summed E-state index contributed by atoms with van der Waals surface area (Å²) in [6.45, 7) is 0. The van der Waals surface area contributed by atoms with Gasteiger partial charge in [0.15, 0.2) is 0 Å². The zero-order valence-corrected chi connectivity index (χ0v) is 9.87. The first-order chi connectivity index (χ1) is 7.85. The highest BCUT2D eigenvalue weighted by Crippen LogP contribution is 2.60. The highest BCUT2D eigenvalue weighted by Gasteiger charge is 2.60.